The Kier molecular flexibility index (Phi) is 11.2. The summed E-state index contributed by atoms with van der Waals surface area (Å²) in [7, 11) is 0. The maximum Gasteiger partial charge on any atom is 0.407 e. The van der Waals surface area contributed by atoms with Gasteiger partial charge in [-0.3, -0.25) is 0 Å². The number of ether oxygens (including phenoxy) is 1. The molecule has 3 aliphatic rings. The number of unbranched alkanes of at least 4 members (excludes halogenated alkanes) is 1. The van der Waals surface area contributed by atoms with Crippen molar-refractivity contribution < 1.29 is 9.53 Å². The van der Waals surface area contributed by atoms with Crippen molar-refractivity contribution in [2.24, 2.45) is 5.92 Å². The summed E-state index contributed by atoms with van der Waals surface area (Å²) in [4.78, 5) is 16.8. The van der Waals surface area contributed by atoms with E-state index in [1.54, 1.807) is 0 Å². The first-order valence-electron chi connectivity index (χ1n) is 12.0. The minimum atomic E-state index is -0.279. The highest BCUT2D eigenvalue weighted by Gasteiger charge is 2.35. The van der Waals surface area contributed by atoms with Gasteiger partial charge in [-0.25, -0.2) is 4.79 Å². The zero-order valence-corrected chi connectivity index (χ0v) is 19.7. The fraction of sp³-hybridized carbons (Fsp3) is 0.720. The van der Waals surface area contributed by atoms with E-state index in [0.717, 1.165) is 18.5 Å². The second-order valence-electron chi connectivity index (χ2n) is 8.50. The summed E-state index contributed by atoms with van der Waals surface area (Å²) in [5.74, 6) is 0.630. The Bertz CT molecular complexity index is 587. The van der Waals surface area contributed by atoms with Crippen molar-refractivity contribution in [1.82, 2.24) is 15.1 Å². The number of nitrogens with one attached hydrogen (secondary N) is 1. The van der Waals surface area contributed by atoms with Crippen molar-refractivity contribution in [3.8, 4) is 0 Å². The zero-order valence-electron chi connectivity index (χ0n) is 19.7. The van der Waals surface area contributed by atoms with Crippen LogP contribution in [0.2, 0.25) is 0 Å². The monoisotopic (exact) mass is 417 g/mol. The van der Waals surface area contributed by atoms with Gasteiger partial charge in [0.2, 0.25) is 0 Å². The van der Waals surface area contributed by atoms with Gasteiger partial charge in [-0.05, 0) is 75.5 Å². The van der Waals surface area contributed by atoms with Gasteiger partial charge in [0.05, 0.1) is 0 Å². The quantitative estimate of drug-likeness (QED) is 0.633. The Balaban J connectivity index is 0.000000396. The number of amides is 1. The predicted octanol–water partition coefficient (Wildman–Crippen LogP) is 4.70. The standard InChI is InChI=1S/C19H28N2O2.C6H15N/c1-2-3-4-15-5-7-16(8-6-15)14-23-19(22)20-18-13-21-11-9-17(18)10-12-21;1-4-7(5-2)6-3/h5-8,17-18H,2-4,9-14H2,1H3,(H,20,22);4-6H2,1-3H3. The highest BCUT2D eigenvalue weighted by Crippen LogP contribution is 2.27. The summed E-state index contributed by atoms with van der Waals surface area (Å²) in [6, 6.07) is 8.67. The number of hydrogen-bond acceptors (Lipinski definition) is 4. The van der Waals surface area contributed by atoms with Crippen LogP contribution < -0.4 is 5.32 Å². The van der Waals surface area contributed by atoms with Gasteiger partial charge >= 0.3 is 6.09 Å². The van der Waals surface area contributed by atoms with Crippen LogP contribution in [0.5, 0.6) is 0 Å². The molecule has 3 saturated heterocycles. The van der Waals surface area contributed by atoms with Crippen LogP contribution in [0.3, 0.4) is 0 Å². The van der Waals surface area contributed by atoms with Crippen molar-refractivity contribution in [3.63, 3.8) is 0 Å². The van der Waals surface area contributed by atoms with Gasteiger partial charge in [-0.1, -0.05) is 58.4 Å². The number of piperidine rings is 3. The van der Waals surface area contributed by atoms with E-state index in [1.807, 2.05) is 0 Å². The molecule has 5 nitrogen and oxygen atoms in total. The summed E-state index contributed by atoms with van der Waals surface area (Å²) in [5.41, 5.74) is 2.40. The summed E-state index contributed by atoms with van der Waals surface area (Å²) in [5, 5.41) is 3.06. The third kappa shape index (κ3) is 8.27. The minimum Gasteiger partial charge on any atom is -0.445 e. The zero-order chi connectivity index (χ0) is 21.8. The number of aryl methyl sites for hydroxylation is 1. The molecule has 0 radical (unpaired) electrons. The van der Waals surface area contributed by atoms with E-state index in [4.69, 9.17) is 4.74 Å². The average molecular weight is 418 g/mol. The Morgan fingerprint density at radius 2 is 1.63 bits per heavy atom. The summed E-state index contributed by atoms with van der Waals surface area (Å²) in [6.07, 6.45) is 5.67. The molecule has 1 amide bonds. The fourth-order valence-electron chi connectivity index (χ4n) is 4.32. The highest BCUT2D eigenvalue weighted by atomic mass is 16.5. The number of nitrogens with zero attached hydrogens (tertiary/aromatic N) is 2. The molecule has 1 aromatic carbocycles. The number of carbonyl (C=O) groups excluding carboxylic acids is 1. The molecule has 3 aliphatic heterocycles. The Hall–Kier alpha value is -1.59. The van der Waals surface area contributed by atoms with Crippen molar-refractivity contribution in [3.05, 3.63) is 35.4 Å². The largest absolute Gasteiger partial charge is 0.445 e. The first-order valence-corrected chi connectivity index (χ1v) is 12.0. The molecule has 2 bridgehead atoms. The Labute approximate surface area is 184 Å². The molecule has 4 rings (SSSR count). The molecule has 0 saturated carbocycles. The third-order valence-corrected chi connectivity index (χ3v) is 6.51. The van der Waals surface area contributed by atoms with Gasteiger partial charge in [-0.15, -0.1) is 0 Å². The first kappa shape index (κ1) is 24.7. The van der Waals surface area contributed by atoms with Crippen LogP contribution in [0, 0.1) is 5.92 Å². The SMILES string of the molecule is CCCCc1ccc(COC(=O)NC2CN3CCC2CC3)cc1.CCN(CC)CC. The van der Waals surface area contributed by atoms with Crippen LogP contribution in [0.4, 0.5) is 4.79 Å². The van der Waals surface area contributed by atoms with Crippen molar-refractivity contribution in [2.45, 2.75) is 72.4 Å². The van der Waals surface area contributed by atoms with Gasteiger partial charge in [0, 0.05) is 12.6 Å². The molecular formula is C25H43N3O2. The Morgan fingerprint density at radius 3 is 2.10 bits per heavy atom. The van der Waals surface area contributed by atoms with Gasteiger partial charge < -0.3 is 19.9 Å². The van der Waals surface area contributed by atoms with Crippen LogP contribution in [-0.2, 0) is 17.8 Å². The van der Waals surface area contributed by atoms with Crippen LogP contribution >= 0.6 is 0 Å². The maximum atomic E-state index is 12.0. The fourth-order valence-corrected chi connectivity index (χ4v) is 4.32. The van der Waals surface area contributed by atoms with Crippen LogP contribution in [0.1, 0.15) is 64.5 Å². The van der Waals surface area contributed by atoms with Gasteiger partial charge in [0.1, 0.15) is 6.61 Å². The van der Waals surface area contributed by atoms with Crippen molar-refractivity contribution in [2.75, 3.05) is 39.3 Å². The van der Waals surface area contributed by atoms with E-state index < -0.39 is 0 Å². The Morgan fingerprint density at radius 1 is 1.03 bits per heavy atom. The number of fused-ring (bicyclic) bond motifs is 3. The van der Waals surface area contributed by atoms with E-state index in [0.29, 0.717) is 12.5 Å². The van der Waals surface area contributed by atoms with Gasteiger partial charge in [0.15, 0.2) is 0 Å². The van der Waals surface area contributed by atoms with E-state index in [-0.39, 0.29) is 12.1 Å². The summed E-state index contributed by atoms with van der Waals surface area (Å²) < 4.78 is 5.39. The molecule has 1 unspecified atom stereocenters. The number of rotatable bonds is 9. The molecule has 1 N–H and O–H groups in total. The first-order chi connectivity index (χ1) is 14.6. The molecular weight excluding hydrogens is 374 g/mol. The number of carbonyl (C=O) groups is 1. The van der Waals surface area contributed by atoms with Crippen LogP contribution in [0.15, 0.2) is 24.3 Å². The lowest BCUT2D eigenvalue weighted by Gasteiger charge is -2.44. The molecule has 0 aliphatic carbocycles. The van der Waals surface area contributed by atoms with E-state index in [1.165, 1.54) is 64.0 Å². The second-order valence-corrected chi connectivity index (χ2v) is 8.50. The molecule has 1 aromatic rings. The third-order valence-electron chi connectivity index (χ3n) is 6.51. The summed E-state index contributed by atoms with van der Waals surface area (Å²) in [6.45, 7) is 16.0. The molecule has 3 fully saturated rings. The van der Waals surface area contributed by atoms with Gasteiger partial charge in [0.25, 0.3) is 0 Å². The highest BCUT2D eigenvalue weighted by molar-refractivity contribution is 5.67. The molecule has 3 heterocycles. The summed E-state index contributed by atoms with van der Waals surface area (Å²) >= 11 is 0. The maximum absolute atomic E-state index is 12.0. The van der Waals surface area contributed by atoms with Crippen LogP contribution in [-0.4, -0.2) is 61.2 Å². The van der Waals surface area contributed by atoms with E-state index in [2.05, 4.69) is 67.1 Å². The minimum absolute atomic E-state index is 0.265. The molecule has 5 heteroatoms. The molecule has 0 aromatic heterocycles. The smallest absolute Gasteiger partial charge is 0.407 e. The molecule has 1 atom stereocenters. The van der Waals surface area contributed by atoms with Crippen molar-refractivity contribution in [1.29, 1.82) is 0 Å². The number of hydrogen-bond donors (Lipinski definition) is 1. The molecule has 30 heavy (non-hydrogen) atoms. The normalized spacial score (nSPS) is 22.4. The average Bonchev–Trinajstić information content (AvgIpc) is 2.79. The van der Waals surface area contributed by atoms with E-state index >= 15 is 0 Å². The van der Waals surface area contributed by atoms with Gasteiger partial charge in [-0.2, -0.15) is 0 Å². The topological polar surface area (TPSA) is 44.8 Å². The lowest BCUT2D eigenvalue weighted by Crippen LogP contribution is -2.57. The number of alkyl carbamates (subject to hydrolysis) is 1. The number of benzene rings is 1. The second kappa shape index (κ2) is 13.7. The van der Waals surface area contributed by atoms with Crippen molar-refractivity contribution >= 4 is 6.09 Å². The van der Waals surface area contributed by atoms with E-state index in [9.17, 15) is 4.79 Å². The predicted molar refractivity (Wildman–Crippen MR) is 125 cm³/mol. The lowest BCUT2D eigenvalue weighted by atomic mass is 9.84. The van der Waals surface area contributed by atoms with Crippen LogP contribution in [0.25, 0.3) is 0 Å². The molecule has 170 valence electrons. The lowest BCUT2D eigenvalue weighted by molar-refractivity contribution is 0.0642. The molecule has 0 spiro atoms.